The third-order valence-electron chi connectivity index (χ3n) is 5.07. The van der Waals surface area contributed by atoms with Crippen LogP contribution < -0.4 is 4.74 Å². The van der Waals surface area contributed by atoms with E-state index in [1.165, 1.54) is 19.1 Å². The largest absolute Gasteiger partial charge is 0.475 e. The third-order valence-corrected chi connectivity index (χ3v) is 5.29. The molecule has 31 heavy (non-hydrogen) atoms. The lowest BCUT2D eigenvalue weighted by Gasteiger charge is -2.29. The fraction of sp³-hybridized carbons (Fsp3) is 0.500. The Morgan fingerprint density at radius 3 is 2.52 bits per heavy atom. The molecule has 168 valence electrons. The summed E-state index contributed by atoms with van der Waals surface area (Å²) in [5.74, 6) is -1.31. The molecule has 0 radical (unpaired) electrons. The molecule has 5 atom stereocenters. The highest BCUT2D eigenvalue weighted by molar-refractivity contribution is 6.30. The molecule has 1 aromatic rings. The molecule has 4 rings (SSSR count). The smallest absolute Gasteiger partial charge is 0.430 e. The standard InChI is InChI=1S/C18H15ClF3NO8/c1-7-2-9(19)3-8-4-10(16(18(20,21)22)30-13(7)8)17(24)29-11-5-27-15-12(31-23(25)26)6-28-14(11)15/h2-4,11-12,14-16H,5-6H2,1H3/t11-,12+,14+,15+,16-/m0/s1. The predicted octanol–water partition coefficient (Wildman–Crippen LogP) is 2.64. The minimum Gasteiger partial charge on any atom is -0.475 e. The zero-order valence-electron chi connectivity index (χ0n) is 15.8. The highest BCUT2D eigenvalue weighted by atomic mass is 35.5. The summed E-state index contributed by atoms with van der Waals surface area (Å²) in [6, 6.07) is 2.82. The number of esters is 1. The first-order chi connectivity index (χ1) is 14.5. The van der Waals surface area contributed by atoms with Gasteiger partial charge in [0.05, 0.1) is 18.8 Å². The summed E-state index contributed by atoms with van der Waals surface area (Å²) in [6.07, 6.45) is -10.3. The molecule has 13 heteroatoms. The molecule has 1 aromatic carbocycles. The molecule has 0 saturated carbocycles. The number of hydrogen-bond donors (Lipinski definition) is 0. The molecule has 0 aromatic heterocycles. The van der Waals surface area contributed by atoms with Crippen LogP contribution in [0, 0.1) is 17.0 Å². The number of carbonyl (C=O) groups excluding carboxylic acids is 1. The second-order valence-corrected chi connectivity index (χ2v) is 7.62. The summed E-state index contributed by atoms with van der Waals surface area (Å²) in [5, 5.41) is 9.80. The number of benzene rings is 1. The number of halogens is 4. The fourth-order valence-corrected chi connectivity index (χ4v) is 4.08. The van der Waals surface area contributed by atoms with E-state index in [-0.39, 0.29) is 29.5 Å². The van der Waals surface area contributed by atoms with Crippen molar-refractivity contribution in [3.05, 3.63) is 44.0 Å². The lowest BCUT2D eigenvalue weighted by molar-refractivity contribution is -0.769. The van der Waals surface area contributed by atoms with Crippen LogP contribution in [0.25, 0.3) is 6.08 Å². The molecule has 3 heterocycles. The van der Waals surface area contributed by atoms with Crippen molar-refractivity contribution in [2.45, 2.75) is 43.6 Å². The van der Waals surface area contributed by atoms with E-state index in [2.05, 4.69) is 4.84 Å². The maximum Gasteiger partial charge on any atom is 0.430 e. The second kappa shape index (κ2) is 7.84. The topological polar surface area (TPSA) is 106 Å². The number of carbonyl (C=O) groups is 1. The zero-order valence-corrected chi connectivity index (χ0v) is 16.5. The first-order valence-corrected chi connectivity index (χ1v) is 9.43. The van der Waals surface area contributed by atoms with Crippen LogP contribution in [0.4, 0.5) is 13.2 Å². The molecule has 2 saturated heterocycles. The van der Waals surface area contributed by atoms with Gasteiger partial charge in [-0.2, -0.15) is 13.2 Å². The van der Waals surface area contributed by atoms with Crippen LogP contribution in [0.2, 0.25) is 5.02 Å². The van der Waals surface area contributed by atoms with Crippen LogP contribution in [0.5, 0.6) is 5.75 Å². The molecule has 0 unspecified atom stereocenters. The third kappa shape index (κ3) is 4.14. The number of hydrogen-bond acceptors (Lipinski definition) is 8. The van der Waals surface area contributed by atoms with Gasteiger partial charge in [-0.1, -0.05) is 11.6 Å². The molecule has 0 bridgehead atoms. The van der Waals surface area contributed by atoms with Crippen molar-refractivity contribution in [1.82, 2.24) is 0 Å². The van der Waals surface area contributed by atoms with Gasteiger partial charge in [-0.05, 0) is 30.7 Å². The van der Waals surface area contributed by atoms with E-state index in [0.717, 1.165) is 6.08 Å². The molecule has 0 spiro atoms. The first-order valence-electron chi connectivity index (χ1n) is 9.05. The summed E-state index contributed by atoms with van der Waals surface area (Å²) in [7, 11) is 0. The van der Waals surface area contributed by atoms with Crippen molar-refractivity contribution in [3.63, 3.8) is 0 Å². The van der Waals surface area contributed by atoms with Crippen LogP contribution in [-0.2, 0) is 23.8 Å². The van der Waals surface area contributed by atoms with Crippen molar-refractivity contribution in [2.24, 2.45) is 0 Å². The maximum absolute atomic E-state index is 13.6. The van der Waals surface area contributed by atoms with Gasteiger partial charge in [0.15, 0.2) is 12.2 Å². The number of aryl methyl sites for hydroxylation is 1. The maximum atomic E-state index is 13.6. The molecular formula is C18H15ClF3NO8. The molecular weight excluding hydrogens is 451 g/mol. The molecule has 0 amide bonds. The van der Waals surface area contributed by atoms with Crippen LogP contribution in [-0.4, -0.2) is 61.0 Å². The average Bonchev–Trinajstić information content (AvgIpc) is 3.23. The summed E-state index contributed by atoms with van der Waals surface area (Å²) in [4.78, 5) is 27.7. The van der Waals surface area contributed by atoms with Crippen LogP contribution in [0.1, 0.15) is 11.1 Å². The Labute approximate surface area is 177 Å². The summed E-state index contributed by atoms with van der Waals surface area (Å²) in [6.45, 7) is 1.13. The second-order valence-electron chi connectivity index (χ2n) is 7.19. The van der Waals surface area contributed by atoms with Crippen molar-refractivity contribution in [3.8, 4) is 5.75 Å². The summed E-state index contributed by atoms with van der Waals surface area (Å²) < 4.78 is 61.9. The van der Waals surface area contributed by atoms with Gasteiger partial charge >= 0.3 is 12.1 Å². The van der Waals surface area contributed by atoms with Crippen molar-refractivity contribution in [1.29, 1.82) is 0 Å². The Hall–Kier alpha value is -2.57. The first kappa shape index (κ1) is 21.7. The number of fused-ring (bicyclic) bond motifs is 2. The Morgan fingerprint density at radius 1 is 1.23 bits per heavy atom. The fourth-order valence-electron chi connectivity index (χ4n) is 3.79. The number of ether oxygens (including phenoxy) is 4. The van der Waals surface area contributed by atoms with Crippen molar-refractivity contribution >= 4 is 23.6 Å². The van der Waals surface area contributed by atoms with Gasteiger partial charge in [0.1, 0.15) is 18.0 Å². The minimum atomic E-state index is -4.89. The van der Waals surface area contributed by atoms with E-state index in [0.29, 0.717) is 5.56 Å². The summed E-state index contributed by atoms with van der Waals surface area (Å²) in [5.41, 5.74) is -0.181. The van der Waals surface area contributed by atoms with E-state index < -0.39 is 53.3 Å². The van der Waals surface area contributed by atoms with Crippen LogP contribution in [0.3, 0.4) is 0 Å². The Balaban J connectivity index is 1.56. The van der Waals surface area contributed by atoms with E-state index in [9.17, 15) is 28.1 Å². The highest BCUT2D eigenvalue weighted by Gasteiger charge is 2.53. The summed E-state index contributed by atoms with van der Waals surface area (Å²) >= 11 is 5.97. The van der Waals surface area contributed by atoms with Crippen molar-refractivity contribution < 1.29 is 46.8 Å². The molecule has 3 aliphatic rings. The average molecular weight is 466 g/mol. The van der Waals surface area contributed by atoms with Gasteiger partial charge in [-0.15, -0.1) is 10.1 Å². The Morgan fingerprint density at radius 2 is 1.87 bits per heavy atom. The SMILES string of the molecule is Cc1cc(Cl)cc2c1O[C@H](C(F)(F)F)C(C(=O)O[C@H]1CO[C@H]3[C@@H]1OC[C@H]3O[N+](=O)[O-])=C2. The quantitative estimate of drug-likeness (QED) is 0.379. The van der Waals surface area contributed by atoms with E-state index in [1.54, 1.807) is 0 Å². The minimum absolute atomic E-state index is 0.0357. The van der Waals surface area contributed by atoms with E-state index in [4.69, 9.17) is 30.5 Å². The van der Waals surface area contributed by atoms with Gasteiger partial charge in [-0.25, -0.2) is 4.79 Å². The molecule has 0 N–H and O–H groups in total. The van der Waals surface area contributed by atoms with E-state index >= 15 is 0 Å². The van der Waals surface area contributed by atoms with Gasteiger partial charge in [0.25, 0.3) is 5.09 Å². The highest BCUT2D eigenvalue weighted by Crippen LogP contribution is 2.41. The van der Waals surface area contributed by atoms with Gasteiger partial charge in [0, 0.05) is 10.6 Å². The van der Waals surface area contributed by atoms with Crippen LogP contribution in [0.15, 0.2) is 17.7 Å². The van der Waals surface area contributed by atoms with Crippen LogP contribution >= 0.6 is 11.6 Å². The molecule has 9 nitrogen and oxygen atoms in total. The monoisotopic (exact) mass is 465 g/mol. The van der Waals surface area contributed by atoms with E-state index in [1.807, 2.05) is 0 Å². The zero-order chi connectivity index (χ0) is 22.5. The Bertz CT molecular complexity index is 952. The lowest BCUT2D eigenvalue weighted by atomic mass is 9.99. The normalized spacial score (nSPS) is 29.5. The number of nitrogens with zero attached hydrogens (tertiary/aromatic N) is 1. The van der Waals surface area contributed by atoms with Gasteiger partial charge in [-0.3, -0.25) is 0 Å². The van der Waals surface area contributed by atoms with Gasteiger partial charge < -0.3 is 23.8 Å². The number of alkyl halides is 3. The molecule has 0 aliphatic carbocycles. The van der Waals surface area contributed by atoms with Crippen molar-refractivity contribution in [2.75, 3.05) is 13.2 Å². The lowest BCUT2D eigenvalue weighted by Crippen LogP contribution is -2.43. The Kier molecular flexibility index (Phi) is 5.48. The molecule has 2 fully saturated rings. The predicted molar refractivity (Wildman–Crippen MR) is 95.9 cm³/mol. The molecule has 3 aliphatic heterocycles. The number of rotatable bonds is 4. The van der Waals surface area contributed by atoms with Gasteiger partial charge in [0.2, 0.25) is 6.10 Å².